The van der Waals surface area contributed by atoms with Gasteiger partial charge in [0.15, 0.2) is 5.82 Å². The molecule has 2 heterocycles. The van der Waals surface area contributed by atoms with Crippen LogP contribution in [0, 0.1) is 5.41 Å². The number of aromatic amines is 1. The lowest BCUT2D eigenvalue weighted by Gasteiger charge is -2.57. The number of likely N-dealkylation sites (tertiary alicyclic amines) is 1. The fourth-order valence-corrected chi connectivity index (χ4v) is 3.82. The first-order valence-corrected chi connectivity index (χ1v) is 6.98. The largest absolute Gasteiger partial charge is 0.344 e. The molecule has 1 spiro atoms. The standard InChI is InChI=1S/C13H16F2N4O/c14-13(15)3-9(4-13)11-16-10(17-18-11)8-1-12(2-8)5-19(6-12)7-20/h7-9H,1-6H2,(H,16,17,18). The summed E-state index contributed by atoms with van der Waals surface area (Å²) in [6, 6.07) is 0. The smallest absolute Gasteiger partial charge is 0.249 e. The molecule has 2 saturated carbocycles. The van der Waals surface area contributed by atoms with Crippen molar-refractivity contribution in [1.29, 1.82) is 0 Å². The van der Waals surface area contributed by atoms with Crippen molar-refractivity contribution < 1.29 is 13.6 Å². The molecule has 5 nitrogen and oxygen atoms in total. The molecule has 0 atom stereocenters. The highest BCUT2D eigenvalue weighted by Crippen LogP contribution is 2.55. The van der Waals surface area contributed by atoms with Crippen LogP contribution in [0.3, 0.4) is 0 Å². The Bertz CT molecular complexity index is 536. The van der Waals surface area contributed by atoms with Gasteiger partial charge < -0.3 is 4.90 Å². The fourth-order valence-electron chi connectivity index (χ4n) is 3.82. The molecule has 2 aliphatic carbocycles. The van der Waals surface area contributed by atoms with Gasteiger partial charge >= 0.3 is 0 Å². The molecule has 1 amide bonds. The van der Waals surface area contributed by atoms with Gasteiger partial charge in [0.1, 0.15) is 5.82 Å². The number of alkyl halides is 2. The normalized spacial score (nSPS) is 27.8. The number of rotatable bonds is 3. The number of nitrogens with zero attached hydrogens (tertiary/aromatic N) is 3. The Morgan fingerprint density at radius 1 is 1.20 bits per heavy atom. The second-order valence-corrected chi connectivity index (χ2v) is 6.66. The summed E-state index contributed by atoms with van der Waals surface area (Å²) in [5, 5.41) is 7.00. The average molecular weight is 282 g/mol. The van der Waals surface area contributed by atoms with Crippen LogP contribution in [0.15, 0.2) is 0 Å². The molecule has 3 fully saturated rings. The first-order valence-electron chi connectivity index (χ1n) is 6.98. The number of carbonyl (C=O) groups is 1. The molecule has 1 aromatic rings. The predicted octanol–water partition coefficient (Wildman–Crippen LogP) is 1.65. The number of hydrogen-bond acceptors (Lipinski definition) is 3. The average Bonchev–Trinajstić information content (AvgIpc) is 2.71. The number of halogens is 2. The number of amides is 1. The zero-order chi connectivity index (χ0) is 14.0. The Morgan fingerprint density at radius 2 is 1.90 bits per heavy atom. The van der Waals surface area contributed by atoms with Gasteiger partial charge in [-0.1, -0.05) is 0 Å². The fraction of sp³-hybridized carbons (Fsp3) is 0.769. The van der Waals surface area contributed by atoms with Crippen molar-refractivity contribution in [2.75, 3.05) is 13.1 Å². The van der Waals surface area contributed by atoms with Crippen molar-refractivity contribution in [2.45, 2.75) is 43.4 Å². The zero-order valence-corrected chi connectivity index (χ0v) is 11.0. The number of H-pyrrole nitrogens is 1. The molecule has 1 aliphatic heterocycles. The first kappa shape index (κ1) is 12.2. The Hall–Kier alpha value is -1.53. The quantitative estimate of drug-likeness (QED) is 0.858. The lowest BCUT2D eigenvalue weighted by Crippen LogP contribution is -2.61. The summed E-state index contributed by atoms with van der Waals surface area (Å²) >= 11 is 0. The van der Waals surface area contributed by atoms with Crippen molar-refractivity contribution >= 4 is 6.41 Å². The number of carbonyl (C=O) groups excluding carboxylic acids is 1. The van der Waals surface area contributed by atoms with E-state index in [1.807, 2.05) is 0 Å². The van der Waals surface area contributed by atoms with E-state index in [2.05, 4.69) is 15.2 Å². The molecule has 20 heavy (non-hydrogen) atoms. The summed E-state index contributed by atoms with van der Waals surface area (Å²) in [5.41, 5.74) is 0.274. The van der Waals surface area contributed by atoms with Crippen LogP contribution in [0.2, 0.25) is 0 Å². The molecule has 7 heteroatoms. The van der Waals surface area contributed by atoms with E-state index in [0.717, 1.165) is 38.2 Å². The number of aromatic nitrogens is 3. The highest BCUT2D eigenvalue weighted by atomic mass is 19.3. The molecule has 1 aromatic heterocycles. The van der Waals surface area contributed by atoms with Gasteiger partial charge in [-0.15, -0.1) is 0 Å². The third-order valence-corrected chi connectivity index (χ3v) is 4.95. The summed E-state index contributed by atoms with van der Waals surface area (Å²) in [6.45, 7) is 1.66. The second-order valence-electron chi connectivity index (χ2n) is 6.66. The SMILES string of the molecule is O=CN1CC2(CC(c3n[nH]c(C4CC(F)(F)C4)n3)C2)C1. The third kappa shape index (κ3) is 1.75. The van der Waals surface area contributed by atoms with E-state index in [1.54, 1.807) is 4.90 Å². The third-order valence-electron chi connectivity index (χ3n) is 4.95. The Kier molecular flexibility index (Phi) is 2.30. The molecule has 4 rings (SSSR count). The summed E-state index contributed by atoms with van der Waals surface area (Å²) in [5.74, 6) is -1.02. The van der Waals surface area contributed by atoms with Gasteiger partial charge in [-0.05, 0) is 12.8 Å². The zero-order valence-electron chi connectivity index (χ0n) is 11.0. The van der Waals surface area contributed by atoms with Gasteiger partial charge in [0.05, 0.1) is 0 Å². The van der Waals surface area contributed by atoms with Crippen molar-refractivity contribution in [3.8, 4) is 0 Å². The Morgan fingerprint density at radius 3 is 2.50 bits per heavy atom. The van der Waals surface area contributed by atoms with Gasteiger partial charge in [0.25, 0.3) is 0 Å². The Labute approximate surface area is 114 Å². The van der Waals surface area contributed by atoms with Crippen molar-refractivity contribution in [2.24, 2.45) is 5.41 Å². The van der Waals surface area contributed by atoms with Crippen molar-refractivity contribution in [3.05, 3.63) is 11.6 Å². The lowest BCUT2D eigenvalue weighted by atomic mass is 9.57. The van der Waals surface area contributed by atoms with Crippen molar-refractivity contribution in [1.82, 2.24) is 20.1 Å². The minimum Gasteiger partial charge on any atom is -0.344 e. The minimum absolute atomic E-state index is 0.121. The van der Waals surface area contributed by atoms with Gasteiger partial charge in [-0.3, -0.25) is 9.89 Å². The molecule has 0 radical (unpaired) electrons. The molecular weight excluding hydrogens is 266 g/mol. The summed E-state index contributed by atoms with van der Waals surface area (Å²) in [7, 11) is 0. The molecule has 0 aromatic carbocycles. The van der Waals surface area contributed by atoms with E-state index < -0.39 is 5.92 Å². The molecular formula is C13H16F2N4O. The summed E-state index contributed by atoms with van der Waals surface area (Å²) in [4.78, 5) is 16.7. The van der Waals surface area contributed by atoms with E-state index in [0.29, 0.717) is 11.7 Å². The van der Waals surface area contributed by atoms with E-state index in [-0.39, 0.29) is 24.2 Å². The van der Waals surface area contributed by atoms with Crippen LogP contribution in [0.4, 0.5) is 8.78 Å². The predicted molar refractivity (Wildman–Crippen MR) is 65.3 cm³/mol. The lowest BCUT2D eigenvalue weighted by molar-refractivity contribution is -0.137. The highest BCUT2D eigenvalue weighted by Gasteiger charge is 2.54. The number of nitrogens with one attached hydrogen (secondary N) is 1. The van der Waals surface area contributed by atoms with E-state index >= 15 is 0 Å². The molecule has 1 saturated heterocycles. The van der Waals surface area contributed by atoms with Gasteiger partial charge in [-0.2, -0.15) is 5.10 Å². The van der Waals surface area contributed by atoms with E-state index in [4.69, 9.17) is 0 Å². The van der Waals surface area contributed by atoms with Crippen LogP contribution in [0.5, 0.6) is 0 Å². The molecule has 3 aliphatic rings. The van der Waals surface area contributed by atoms with Gasteiger partial charge in [-0.25, -0.2) is 13.8 Å². The summed E-state index contributed by atoms with van der Waals surface area (Å²) in [6.07, 6.45) is 2.64. The van der Waals surface area contributed by atoms with Crippen LogP contribution >= 0.6 is 0 Å². The van der Waals surface area contributed by atoms with Gasteiger partial charge in [0.2, 0.25) is 12.3 Å². The van der Waals surface area contributed by atoms with Crippen LogP contribution in [-0.4, -0.2) is 45.5 Å². The van der Waals surface area contributed by atoms with Crippen LogP contribution in [0.25, 0.3) is 0 Å². The first-order chi connectivity index (χ1) is 9.49. The molecule has 0 unspecified atom stereocenters. The summed E-state index contributed by atoms with van der Waals surface area (Å²) < 4.78 is 25.7. The number of hydrogen-bond donors (Lipinski definition) is 1. The van der Waals surface area contributed by atoms with Crippen LogP contribution in [-0.2, 0) is 4.79 Å². The maximum absolute atomic E-state index is 12.8. The van der Waals surface area contributed by atoms with Gasteiger partial charge in [0, 0.05) is 43.2 Å². The molecule has 1 N–H and O–H groups in total. The van der Waals surface area contributed by atoms with Crippen LogP contribution in [0.1, 0.15) is 49.2 Å². The molecule has 0 bridgehead atoms. The highest BCUT2D eigenvalue weighted by molar-refractivity contribution is 5.50. The molecule has 108 valence electrons. The van der Waals surface area contributed by atoms with E-state index in [1.165, 1.54) is 0 Å². The van der Waals surface area contributed by atoms with Crippen molar-refractivity contribution in [3.63, 3.8) is 0 Å². The maximum Gasteiger partial charge on any atom is 0.249 e. The monoisotopic (exact) mass is 282 g/mol. The van der Waals surface area contributed by atoms with E-state index in [9.17, 15) is 13.6 Å². The van der Waals surface area contributed by atoms with Crippen LogP contribution < -0.4 is 0 Å². The maximum atomic E-state index is 12.8. The minimum atomic E-state index is -2.53. The second kappa shape index (κ2) is 3.77. The topological polar surface area (TPSA) is 61.9 Å². The Balaban J connectivity index is 1.35.